The molecule has 0 heterocycles. The molecule has 4 heteroatoms. The number of likely N-dealkylation sites (N-methyl/N-ethyl adjacent to an activating group) is 2. The summed E-state index contributed by atoms with van der Waals surface area (Å²) in [5.74, 6) is 0.824. The monoisotopic (exact) mass is 198 g/mol. The minimum absolute atomic E-state index is 0.824. The van der Waals surface area contributed by atoms with Crippen LogP contribution in [0.15, 0.2) is 9.98 Å². The van der Waals surface area contributed by atoms with Crippen LogP contribution in [0.25, 0.3) is 0 Å². The van der Waals surface area contributed by atoms with Crippen molar-refractivity contribution in [2.75, 3.05) is 33.7 Å². The molecular weight excluding hydrogens is 176 g/mol. The van der Waals surface area contributed by atoms with Gasteiger partial charge in [0.1, 0.15) is 0 Å². The molecule has 0 unspecified atom stereocenters. The van der Waals surface area contributed by atoms with Gasteiger partial charge in [-0.25, -0.2) is 4.99 Å². The summed E-state index contributed by atoms with van der Waals surface area (Å²) in [6, 6.07) is 0. The third-order valence-corrected chi connectivity index (χ3v) is 1.89. The lowest BCUT2D eigenvalue weighted by molar-refractivity contribution is 0.432. The standard InChI is InChI=1S/C10H22N4/c1-5-7-13-10(12-4)14(6-2)9-8-11-3/h7,11H,5-6,8-9H2,1-4H3/b12-10?,13-7-. The average Bonchev–Trinajstić information content (AvgIpc) is 2.23. The molecule has 14 heavy (non-hydrogen) atoms. The highest BCUT2D eigenvalue weighted by atomic mass is 15.3. The van der Waals surface area contributed by atoms with E-state index in [0.29, 0.717) is 0 Å². The van der Waals surface area contributed by atoms with E-state index in [9.17, 15) is 0 Å². The maximum Gasteiger partial charge on any atom is 0.220 e. The highest BCUT2D eigenvalue weighted by molar-refractivity contribution is 5.87. The molecule has 0 radical (unpaired) electrons. The molecule has 0 aliphatic carbocycles. The fraction of sp³-hybridized carbons (Fsp3) is 0.800. The predicted molar refractivity (Wildman–Crippen MR) is 63.3 cm³/mol. The van der Waals surface area contributed by atoms with Gasteiger partial charge >= 0.3 is 0 Å². The molecule has 0 aromatic heterocycles. The summed E-state index contributed by atoms with van der Waals surface area (Å²) < 4.78 is 0. The molecule has 0 aliphatic rings. The third kappa shape index (κ3) is 4.97. The SMILES string of the molecule is CC/C=N\C(=NC)N(CC)CCNC. The van der Waals surface area contributed by atoms with Crippen molar-refractivity contribution in [3.8, 4) is 0 Å². The Labute approximate surface area is 87.1 Å². The van der Waals surface area contributed by atoms with Gasteiger partial charge in [-0.3, -0.25) is 4.99 Å². The molecule has 0 aromatic rings. The first-order valence-electron chi connectivity index (χ1n) is 5.18. The number of hydrogen-bond acceptors (Lipinski definition) is 2. The molecule has 0 atom stereocenters. The average molecular weight is 198 g/mol. The first kappa shape index (κ1) is 13.1. The van der Waals surface area contributed by atoms with E-state index in [0.717, 1.165) is 32.0 Å². The van der Waals surface area contributed by atoms with Crippen LogP contribution in [0.2, 0.25) is 0 Å². The number of guanidine groups is 1. The normalized spacial score (nSPS) is 12.4. The highest BCUT2D eigenvalue weighted by Crippen LogP contribution is 1.92. The Balaban J connectivity index is 4.23. The molecule has 0 saturated heterocycles. The molecule has 0 aliphatic heterocycles. The van der Waals surface area contributed by atoms with Crippen LogP contribution in [-0.2, 0) is 0 Å². The number of nitrogens with one attached hydrogen (secondary N) is 1. The van der Waals surface area contributed by atoms with Crippen molar-refractivity contribution in [2.45, 2.75) is 20.3 Å². The molecule has 0 spiro atoms. The molecular formula is C10H22N4. The van der Waals surface area contributed by atoms with Gasteiger partial charge in [0.25, 0.3) is 0 Å². The Morgan fingerprint density at radius 1 is 1.43 bits per heavy atom. The second-order valence-corrected chi connectivity index (χ2v) is 2.93. The molecule has 0 amide bonds. The van der Waals surface area contributed by atoms with Crippen molar-refractivity contribution in [1.82, 2.24) is 10.2 Å². The Kier molecular flexibility index (Phi) is 8.13. The van der Waals surface area contributed by atoms with Gasteiger partial charge in [-0.2, -0.15) is 0 Å². The lowest BCUT2D eigenvalue weighted by Crippen LogP contribution is -2.35. The number of nitrogens with zero attached hydrogens (tertiary/aromatic N) is 3. The van der Waals surface area contributed by atoms with E-state index in [2.05, 4.69) is 34.0 Å². The Morgan fingerprint density at radius 2 is 2.14 bits per heavy atom. The summed E-state index contributed by atoms with van der Waals surface area (Å²) in [5.41, 5.74) is 0. The number of aliphatic imine (C=N–C) groups is 2. The smallest absolute Gasteiger partial charge is 0.220 e. The molecule has 82 valence electrons. The quantitative estimate of drug-likeness (QED) is 0.529. The maximum absolute atomic E-state index is 4.31. The van der Waals surface area contributed by atoms with Crippen LogP contribution in [0.5, 0.6) is 0 Å². The van der Waals surface area contributed by atoms with Gasteiger partial charge < -0.3 is 10.2 Å². The van der Waals surface area contributed by atoms with E-state index in [1.807, 2.05) is 13.3 Å². The van der Waals surface area contributed by atoms with Crippen LogP contribution in [0.4, 0.5) is 0 Å². The Morgan fingerprint density at radius 3 is 2.57 bits per heavy atom. The summed E-state index contributed by atoms with van der Waals surface area (Å²) in [6.07, 6.45) is 2.84. The van der Waals surface area contributed by atoms with Crippen molar-refractivity contribution in [1.29, 1.82) is 0 Å². The van der Waals surface area contributed by atoms with E-state index >= 15 is 0 Å². The zero-order valence-corrected chi connectivity index (χ0v) is 9.75. The lowest BCUT2D eigenvalue weighted by Gasteiger charge is -2.21. The molecule has 4 nitrogen and oxygen atoms in total. The topological polar surface area (TPSA) is 40.0 Å². The first-order chi connectivity index (χ1) is 6.79. The van der Waals surface area contributed by atoms with Gasteiger partial charge in [0.2, 0.25) is 5.96 Å². The van der Waals surface area contributed by atoms with Gasteiger partial charge in [-0.15, -0.1) is 0 Å². The second kappa shape index (κ2) is 8.69. The van der Waals surface area contributed by atoms with E-state index in [1.165, 1.54) is 0 Å². The van der Waals surface area contributed by atoms with Crippen LogP contribution in [0.1, 0.15) is 20.3 Å². The highest BCUT2D eigenvalue weighted by Gasteiger charge is 2.05. The summed E-state index contributed by atoms with van der Waals surface area (Å²) in [5, 5.41) is 3.12. The van der Waals surface area contributed by atoms with E-state index in [-0.39, 0.29) is 0 Å². The van der Waals surface area contributed by atoms with Gasteiger partial charge in [-0.05, 0) is 20.4 Å². The first-order valence-corrected chi connectivity index (χ1v) is 5.18. The lowest BCUT2D eigenvalue weighted by atomic mass is 10.5. The van der Waals surface area contributed by atoms with Crippen LogP contribution in [0, 0.1) is 0 Å². The van der Waals surface area contributed by atoms with Crippen molar-refractivity contribution in [2.24, 2.45) is 9.98 Å². The van der Waals surface area contributed by atoms with Gasteiger partial charge in [-0.1, -0.05) is 6.92 Å². The van der Waals surface area contributed by atoms with Gasteiger partial charge in [0, 0.05) is 32.9 Å². The van der Waals surface area contributed by atoms with E-state index in [4.69, 9.17) is 0 Å². The molecule has 0 rings (SSSR count). The summed E-state index contributed by atoms with van der Waals surface area (Å²) in [7, 11) is 3.73. The zero-order valence-electron chi connectivity index (χ0n) is 9.75. The van der Waals surface area contributed by atoms with Crippen LogP contribution in [-0.4, -0.2) is 50.8 Å². The third-order valence-electron chi connectivity index (χ3n) is 1.89. The summed E-state index contributed by atoms with van der Waals surface area (Å²) >= 11 is 0. The van der Waals surface area contributed by atoms with E-state index < -0.39 is 0 Å². The minimum atomic E-state index is 0.824. The van der Waals surface area contributed by atoms with Crippen molar-refractivity contribution >= 4 is 12.2 Å². The Bertz CT molecular complexity index is 187. The van der Waals surface area contributed by atoms with Crippen LogP contribution in [0.3, 0.4) is 0 Å². The molecule has 0 saturated carbocycles. The number of rotatable bonds is 5. The predicted octanol–water partition coefficient (Wildman–Crippen LogP) is 0.994. The number of hydrogen-bond donors (Lipinski definition) is 1. The molecule has 0 fully saturated rings. The second-order valence-electron chi connectivity index (χ2n) is 2.93. The van der Waals surface area contributed by atoms with Crippen molar-refractivity contribution in [3.63, 3.8) is 0 Å². The fourth-order valence-corrected chi connectivity index (χ4v) is 1.10. The van der Waals surface area contributed by atoms with Gasteiger partial charge in [0.05, 0.1) is 0 Å². The summed E-state index contributed by atoms with van der Waals surface area (Å²) in [4.78, 5) is 10.6. The zero-order chi connectivity index (χ0) is 10.8. The molecule has 1 N–H and O–H groups in total. The van der Waals surface area contributed by atoms with Crippen molar-refractivity contribution < 1.29 is 0 Å². The minimum Gasteiger partial charge on any atom is -0.340 e. The largest absolute Gasteiger partial charge is 0.340 e. The molecule has 0 bridgehead atoms. The Hall–Kier alpha value is -0.900. The van der Waals surface area contributed by atoms with Crippen molar-refractivity contribution in [3.05, 3.63) is 0 Å². The van der Waals surface area contributed by atoms with Crippen LogP contribution >= 0.6 is 0 Å². The van der Waals surface area contributed by atoms with Crippen LogP contribution < -0.4 is 5.32 Å². The summed E-state index contributed by atoms with van der Waals surface area (Å²) in [6.45, 7) is 7.02. The van der Waals surface area contributed by atoms with Gasteiger partial charge in [0.15, 0.2) is 0 Å². The molecule has 0 aromatic carbocycles. The maximum atomic E-state index is 4.31. The fourth-order valence-electron chi connectivity index (χ4n) is 1.10. The van der Waals surface area contributed by atoms with E-state index in [1.54, 1.807) is 7.05 Å².